The smallest absolute Gasteiger partial charge is 0.137 e. The molecule has 0 aromatic heterocycles. The van der Waals surface area contributed by atoms with Crippen LogP contribution in [-0.2, 0) is 0 Å². The van der Waals surface area contributed by atoms with Crippen LogP contribution in [0.1, 0.15) is 18.0 Å². The second-order valence-corrected chi connectivity index (χ2v) is 6.61. The third kappa shape index (κ3) is 3.07. The van der Waals surface area contributed by atoms with E-state index in [1.807, 2.05) is 23.9 Å². The summed E-state index contributed by atoms with van der Waals surface area (Å²) in [6.07, 6.45) is 1.21. The number of thioether (sulfide) groups is 1. The molecule has 1 aromatic rings. The lowest BCUT2D eigenvalue weighted by Crippen LogP contribution is -2.38. The van der Waals surface area contributed by atoms with Crippen molar-refractivity contribution in [2.45, 2.75) is 18.5 Å². The molecule has 2 N–H and O–H groups in total. The van der Waals surface area contributed by atoms with E-state index in [1.165, 1.54) is 18.2 Å². The molecule has 1 saturated heterocycles. The summed E-state index contributed by atoms with van der Waals surface area (Å²) in [6, 6.07) is 5.90. The molecule has 1 heterocycles. The molecule has 0 radical (unpaired) electrons. The Morgan fingerprint density at radius 2 is 2.39 bits per heavy atom. The van der Waals surface area contributed by atoms with Gasteiger partial charge in [0, 0.05) is 24.4 Å². The second kappa shape index (κ2) is 6.37. The third-order valence-corrected chi connectivity index (χ3v) is 5.28. The van der Waals surface area contributed by atoms with Gasteiger partial charge in [0.05, 0.1) is 4.47 Å². The van der Waals surface area contributed by atoms with Gasteiger partial charge in [-0.05, 0) is 52.8 Å². The zero-order valence-electron chi connectivity index (χ0n) is 10.4. The largest absolute Gasteiger partial charge is 0.329 e. The Kier molecular flexibility index (Phi) is 5.06. The maximum absolute atomic E-state index is 13.3. The van der Waals surface area contributed by atoms with E-state index in [9.17, 15) is 4.39 Å². The molecule has 2 rings (SSSR count). The summed E-state index contributed by atoms with van der Waals surface area (Å²) >= 11 is 5.23. The van der Waals surface area contributed by atoms with Crippen LogP contribution in [0, 0.1) is 5.82 Å². The Balaban J connectivity index is 2.18. The highest BCUT2D eigenvalue weighted by atomic mass is 79.9. The molecule has 1 fully saturated rings. The summed E-state index contributed by atoms with van der Waals surface area (Å²) in [4.78, 5) is 2.33. The molecule has 0 aliphatic carbocycles. The van der Waals surface area contributed by atoms with Gasteiger partial charge in [-0.1, -0.05) is 6.07 Å². The van der Waals surface area contributed by atoms with Crippen molar-refractivity contribution < 1.29 is 4.39 Å². The molecule has 0 saturated carbocycles. The molecular weight excluding hydrogens is 315 g/mol. The van der Waals surface area contributed by atoms with Crippen LogP contribution in [-0.4, -0.2) is 36.0 Å². The van der Waals surface area contributed by atoms with Crippen molar-refractivity contribution in [1.82, 2.24) is 4.90 Å². The number of hydrogen-bond acceptors (Lipinski definition) is 3. The van der Waals surface area contributed by atoms with Gasteiger partial charge in [0.1, 0.15) is 5.82 Å². The van der Waals surface area contributed by atoms with Crippen LogP contribution in [0.4, 0.5) is 4.39 Å². The van der Waals surface area contributed by atoms with Gasteiger partial charge >= 0.3 is 0 Å². The van der Waals surface area contributed by atoms with Gasteiger partial charge in [0.15, 0.2) is 0 Å². The highest BCUT2D eigenvalue weighted by molar-refractivity contribution is 9.10. The summed E-state index contributed by atoms with van der Waals surface area (Å²) in [7, 11) is 2.12. The summed E-state index contributed by atoms with van der Waals surface area (Å²) in [5, 5.41) is 0. The molecule has 1 aliphatic rings. The van der Waals surface area contributed by atoms with Crippen molar-refractivity contribution >= 4 is 27.7 Å². The molecule has 2 atom stereocenters. The molecule has 1 aromatic carbocycles. The van der Waals surface area contributed by atoms with Crippen LogP contribution in [0.5, 0.6) is 0 Å². The Hall–Kier alpha value is -0.100. The van der Waals surface area contributed by atoms with E-state index in [1.54, 1.807) is 0 Å². The van der Waals surface area contributed by atoms with Crippen molar-refractivity contribution in [3.05, 3.63) is 34.1 Å². The van der Waals surface area contributed by atoms with Crippen molar-refractivity contribution in [2.24, 2.45) is 5.73 Å². The van der Waals surface area contributed by atoms with Crippen LogP contribution in [0.3, 0.4) is 0 Å². The predicted octanol–water partition coefficient (Wildman–Crippen LogP) is 3.03. The third-order valence-electron chi connectivity index (χ3n) is 3.52. The van der Waals surface area contributed by atoms with Gasteiger partial charge in [-0.2, -0.15) is 11.8 Å². The normalized spacial score (nSPS) is 21.5. The number of halogens is 2. The Morgan fingerprint density at radius 1 is 1.61 bits per heavy atom. The molecule has 2 unspecified atom stereocenters. The van der Waals surface area contributed by atoms with Crippen molar-refractivity contribution in [1.29, 1.82) is 0 Å². The lowest BCUT2D eigenvalue weighted by Gasteiger charge is -2.32. The van der Waals surface area contributed by atoms with E-state index in [0.29, 0.717) is 17.1 Å². The summed E-state index contributed by atoms with van der Waals surface area (Å²) in [5.41, 5.74) is 6.98. The number of hydrogen-bond donors (Lipinski definition) is 1. The van der Waals surface area contributed by atoms with Crippen LogP contribution < -0.4 is 5.73 Å². The first-order valence-corrected chi connectivity index (χ1v) is 8.03. The molecule has 0 bridgehead atoms. The molecule has 5 heteroatoms. The van der Waals surface area contributed by atoms with Crippen LogP contribution in [0.25, 0.3) is 0 Å². The van der Waals surface area contributed by atoms with Crippen molar-refractivity contribution in [2.75, 3.05) is 25.1 Å². The summed E-state index contributed by atoms with van der Waals surface area (Å²) in [5.74, 6) is 2.16. The van der Waals surface area contributed by atoms with Gasteiger partial charge < -0.3 is 5.73 Å². The number of rotatable bonds is 4. The van der Waals surface area contributed by atoms with Gasteiger partial charge in [-0.3, -0.25) is 4.90 Å². The van der Waals surface area contributed by atoms with E-state index in [4.69, 9.17) is 5.73 Å². The fourth-order valence-electron chi connectivity index (χ4n) is 2.35. The molecule has 100 valence electrons. The zero-order valence-corrected chi connectivity index (χ0v) is 12.8. The van der Waals surface area contributed by atoms with Gasteiger partial charge in [0.25, 0.3) is 0 Å². The first-order valence-electron chi connectivity index (χ1n) is 6.08. The summed E-state index contributed by atoms with van der Waals surface area (Å²) < 4.78 is 13.8. The molecule has 18 heavy (non-hydrogen) atoms. The van der Waals surface area contributed by atoms with Crippen LogP contribution in [0.2, 0.25) is 0 Å². The maximum atomic E-state index is 13.3. The molecule has 1 aliphatic heterocycles. The molecule has 0 spiro atoms. The van der Waals surface area contributed by atoms with Crippen molar-refractivity contribution in [3.8, 4) is 0 Å². The second-order valence-electron chi connectivity index (χ2n) is 4.61. The summed E-state index contributed by atoms with van der Waals surface area (Å²) in [6.45, 7) is 0.551. The number of likely N-dealkylation sites (N-methyl/N-ethyl adjacent to an activating group) is 1. The van der Waals surface area contributed by atoms with E-state index in [0.717, 1.165) is 11.3 Å². The fourth-order valence-corrected chi connectivity index (χ4v) is 4.03. The predicted molar refractivity (Wildman–Crippen MR) is 79.4 cm³/mol. The average Bonchev–Trinajstić information content (AvgIpc) is 2.88. The number of benzene rings is 1. The average molecular weight is 333 g/mol. The minimum atomic E-state index is -0.228. The van der Waals surface area contributed by atoms with E-state index in [2.05, 4.69) is 27.9 Å². The highest BCUT2D eigenvalue weighted by Gasteiger charge is 2.26. The van der Waals surface area contributed by atoms with Gasteiger partial charge in [-0.25, -0.2) is 4.39 Å². The zero-order chi connectivity index (χ0) is 13.1. The maximum Gasteiger partial charge on any atom is 0.137 e. The minimum absolute atomic E-state index is 0.158. The minimum Gasteiger partial charge on any atom is -0.329 e. The van der Waals surface area contributed by atoms with Gasteiger partial charge in [0.2, 0.25) is 0 Å². The molecule has 0 amide bonds. The van der Waals surface area contributed by atoms with E-state index >= 15 is 0 Å². The lowest BCUT2D eigenvalue weighted by atomic mass is 10.0. The topological polar surface area (TPSA) is 29.3 Å². The standard InChI is InChI=1S/C13H18BrFN2S/c1-17(10-4-5-18-8-10)13(7-16)9-2-3-12(15)11(14)6-9/h2-3,6,10,13H,4-5,7-8,16H2,1H3. The quantitative estimate of drug-likeness (QED) is 0.918. The van der Waals surface area contributed by atoms with Gasteiger partial charge in [-0.15, -0.1) is 0 Å². The van der Waals surface area contributed by atoms with E-state index in [-0.39, 0.29) is 11.9 Å². The Morgan fingerprint density at radius 3 is 2.94 bits per heavy atom. The molecule has 2 nitrogen and oxygen atoms in total. The Bertz CT molecular complexity index is 410. The Labute approximate surface area is 120 Å². The molecular formula is C13H18BrFN2S. The lowest BCUT2D eigenvalue weighted by molar-refractivity contribution is 0.192. The first-order chi connectivity index (χ1) is 8.63. The number of nitrogens with two attached hydrogens (primary N) is 1. The number of nitrogens with zero attached hydrogens (tertiary/aromatic N) is 1. The van der Waals surface area contributed by atoms with Crippen LogP contribution >= 0.6 is 27.7 Å². The van der Waals surface area contributed by atoms with Crippen molar-refractivity contribution in [3.63, 3.8) is 0 Å². The van der Waals surface area contributed by atoms with Crippen LogP contribution in [0.15, 0.2) is 22.7 Å². The first kappa shape index (κ1) is 14.3. The van der Waals surface area contributed by atoms with E-state index < -0.39 is 0 Å². The monoisotopic (exact) mass is 332 g/mol. The SMILES string of the molecule is CN(C1CCSC1)C(CN)c1ccc(F)c(Br)c1. The highest BCUT2D eigenvalue weighted by Crippen LogP contribution is 2.29. The fraction of sp³-hybridized carbons (Fsp3) is 0.538.